The highest BCUT2D eigenvalue weighted by molar-refractivity contribution is 7.92. The van der Waals surface area contributed by atoms with Gasteiger partial charge in [0, 0.05) is 5.69 Å². The summed E-state index contributed by atoms with van der Waals surface area (Å²) in [5.41, 5.74) is -0.0845. The van der Waals surface area contributed by atoms with Crippen LogP contribution in [0, 0.1) is 0 Å². The molecule has 0 amide bonds. The molecule has 0 saturated heterocycles. The minimum Gasteiger partial charge on any atom is -0.280 e. The number of aromatic nitrogens is 2. The summed E-state index contributed by atoms with van der Waals surface area (Å²) in [7, 11) is -4.45. The van der Waals surface area contributed by atoms with Crippen LogP contribution in [0.5, 0.6) is 0 Å². The smallest absolute Gasteiger partial charge is 0.280 e. The molecule has 1 heterocycles. The summed E-state index contributed by atoms with van der Waals surface area (Å²) in [6, 6.07) is 15.7. The second-order valence-corrected chi connectivity index (χ2v) is 9.05. The molecule has 4 rings (SSSR count). The summed E-state index contributed by atoms with van der Waals surface area (Å²) in [5.74, 6) is 0. The van der Waals surface area contributed by atoms with Crippen LogP contribution in [0.3, 0.4) is 0 Å². The quantitative estimate of drug-likeness (QED) is 0.427. The Morgan fingerprint density at radius 3 is 2.41 bits per heavy atom. The number of halogens is 4. The fourth-order valence-corrected chi connectivity index (χ4v) is 4.82. The van der Waals surface area contributed by atoms with E-state index in [1.165, 1.54) is 12.1 Å². The molecule has 4 aromatic rings. The van der Waals surface area contributed by atoms with Gasteiger partial charge in [-0.3, -0.25) is 19.3 Å². The molecule has 166 valence electrons. The number of nitrogens with one attached hydrogen (secondary N) is 2. The maximum atomic E-state index is 13.0. The number of alkyl halides is 3. The zero-order valence-corrected chi connectivity index (χ0v) is 17.7. The fourth-order valence-electron chi connectivity index (χ4n) is 3.25. The Bertz CT molecular complexity index is 1460. The predicted molar refractivity (Wildman–Crippen MR) is 115 cm³/mol. The van der Waals surface area contributed by atoms with E-state index in [1.807, 2.05) is 30.3 Å². The van der Waals surface area contributed by atoms with Gasteiger partial charge in [0.1, 0.15) is 4.90 Å². The molecule has 1 aromatic heterocycles. The van der Waals surface area contributed by atoms with E-state index in [-0.39, 0.29) is 16.1 Å². The van der Waals surface area contributed by atoms with Gasteiger partial charge in [0.2, 0.25) is 0 Å². The minimum atomic E-state index is -4.73. The number of hydrogen-bond acceptors (Lipinski definition) is 3. The fraction of sp³-hybridized carbons (Fsp3) is 0.0952. The molecule has 0 atom stereocenters. The molecule has 0 fully saturated rings. The summed E-state index contributed by atoms with van der Waals surface area (Å²) in [5, 5.41) is 2.55. The van der Waals surface area contributed by atoms with E-state index >= 15 is 0 Å². The van der Waals surface area contributed by atoms with Crippen LogP contribution in [-0.2, 0) is 22.7 Å². The first-order chi connectivity index (χ1) is 15.0. The standard InChI is InChI=1S/C21H15ClF3N3O3S/c22-17-8-6-14(21(23,24)25)10-19(17)32(30,31)27-15-7-9-18-16(11-15)20(29)26-28(18)12-13-4-2-1-3-5-13/h1-11,27H,12H2,(H,26,29). The van der Waals surface area contributed by atoms with Crippen LogP contribution in [0.4, 0.5) is 18.9 Å². The van der Waals surface area contributed by atoms with Crippen LogP contribution in [0.1, 0.15) is 11.1 Å². The number of H-pyrrole nitrogens is 1. The third-order valence-electron chi connectivity index (χ3n) is 4.75. The molecule has 0 bridgehead atoms. The molecule has 6 nitrogen and oxygen atoms in total. The first-order valence-electron chi connectivity index (χ1n) is 9.21. The van der Waals surface area contributed by atoms with Gasteiger partial charge in [-0.2, -0.15) is 13.2 Å². The molecule has 0 unspecified atom stereocenters. The van der Waals surface area contributed by atoms with E-state index < -0.39 is 32.2 Å². The number of anilines is 1. The van der Waals surface area contributed by atoms with E-state index in [1.54, 1.807) is 10.7 Å². The molecule has 0 aliphatic heterocycles. The van der Waals surface area contributed by atoms with Gasteiger partial charge in [-0.25, -0.2) is 8.42 Å². The molecule has 2 N–H and O–H groups in total. The van der Waals surface area contributed by atoms with Crippen molar-refractivity contribution in [2.45, 2.75) is 17.6 Å². The Morgan fingerprint density at radius 1 is 1.00 bits per heavy atom. The number of hydrogen-bond donors (Lipinski definition) is 2. The lowest BCUT2D eigenvalue weighted by Gasteiger charge is -2.13. The van der Waals surface area contributed by atoms with Gasteiger partial charge < -0.3 is 0 Å². The highest BCUT2D eigenvalue weighted by atomic mass is 35.5. The first-order valence-corrected chi connectivity index (χ1v) is 11.1. The van der Waals surface area contributed by atoms with Crippen molar-refractivity contribution in [1.29, 1.82) is 0 Å². The molecule has 11 heteroatoms. The van der Waals surface area contributed by atoms with Gasteiger partial charge in [0.05, 0.1) is 28.0 Å². The predicted octanol–water partition coefficient (Wildman–Crippen LogP) is 4.85. The molecule has 0 radical (unpaired) electrons. The van der Waals surface area contributed by atoms with Gasteiger partial charge in [-0.1, -0.05) is 41.9 Å². The number of fused-ring (bicyclic) bond motifs is 1. The lowest BCUT2D eigenvalue weighted by atomic mass is 10.2. The van der Waals surface area contributed by atoms with Crippen molar-refractivity contribution in [1.82, 2.24) is 9.78 Å². The van der Waals surface area contributed by atoms with E-state index in [2.05, 4.69) is 9.82 Å². The van der Waals surface area contributed by atoms with Crippen LogP contribution in [0.25, 0.3) is 10.9 Å². The second-order valence-electron chi connectivity index (χ2n) is 6.99. The van der Waals surface area contributed by atoms with Crippen LogP contribution < -0.4 is 10.3 Å². The van der Waals surface area contributed by atoms with Crippen molar-refractivity contribution < 1.29 is 21.6 Å². The zero-order chi connectivity index (χ0) is 23.1. The highest BCUT2D eigenvalue weighted by Gasteiger charge is 2.32. The molecule has 32 heavy (non-hydrogen) atoms. The van der Waals surface area contributed by atoms with E-state index in [4.69, 9.17) is 11.6 Å². The van der Waals surface area contributed by atoms with Gasteiger partial charge in [0.25, 0.3) is 15.6 Å². The number of benzene rings is 3. The monoisotopic (exact) mass is 481 g/mol. The molecule has 3 aromatic carbocycles. The molecular weight excluding hydrogens is 467 g/mol. The SMILES string of the molecule is O=c1[nH]n(Cc2ccccc2)c2ccc(NS(=O)(=O)c3cc(C(F)(F)F)ccc3Cl)cc12. The topological polar surface area (TPSA) is 84.0 Å². The average Bonchev–Trinajstić information content (AvgIpc) is 3.02. The number of rotatable bonds is 5. The van der Waals surface area contributed by atoms with E-state index in [0.29, 0.717) is 24.2 Å². The average molecular weight is 482 g/mol. The van der Waals surface area contributed by atoms with Gasteiger partial charge in [-0.15, -0.1) is 0 Å². The van der Waals surface area contributed by atoms with Crippen molar-refractivity contribution in [3.8, 4) is 0 Å². The maximum absolute atomic E-state index is 13.0. The summed E-state index contributed by atoms with van der Waals surface area (Å²) >= 11 is 5.85. The Morgan fingerprint density at radius 2 is 1.72 bits per heavy atom. The number of nitrogens with zero attached hydrogens (tertiary/aromatic N) is 1. The van der Waals surface area contributed by atoms with Crippen molar-refractivity contribution in [2.75, 3.05) is 4.72 Å². The maximum Gasteiger partial charge on any atom is 0.416 e. The van der Waals surface area contributed by atoms with Gasteiger partial charge >= 0.3 is 6.18 Å². The molecule has 0 aliphatic rings. The zero-order valence-electron chi connectivity index (χ0n) is 16.2. The van der Waals surface area contributed by atoms with E-state index in [0.717, 1.165) is 11.6 Å². The lowest BCUT2D eigenvalue weighted by Crippen LogP contribution is -2.15. The van der Waals surface area contributed by atoms with Crippen molar-refractivity contribution in [3.63, 3.8) is 0 Å². The number of sulfonamides is 1. The summed E-state index contributed by atoms with van der Waals surface area (Å²) in [6.07, 6.45) is -4.73. The first kappa shape index (κ1) is 22.0. The molecule has 0 spiro atoms. The Hall–Kier alpha value is -3.24. The third kappa shape index (κ3) is 4.37. The largest absolute Gasteiger partial charge is 0.416 e. The minimum absolute atomic E-state index is 0.00828. The third-order valence-corrected chi connectivity index (χ3v) is 6.62. The molecular formula is C21H15ClF3N3O3S. The van der Waals surface area contributed by atoms with E-state index in [9.17, 15) is 26.4 Å². The number of aromatic amines is 1. The van der Waals surface area contributed by atoms with Gasteiger partial charge in [-0.05, 0) is 42.0 Å². The van der Waals surface area contributed by atoms with Crippen LogP contribution in [0.2, 0.25) is 5.02 Å². The Balaban J connectivity index is 1.68. The van der Waals surface area contributed by atoms with Crippen molar-refractivity contribution in [2.24, 2.45) is 0 Å². The lowest BCUT2D eigenvalue weighted by molar-refractivity contribution is -0.137. The summed E-state index contributed by atoms with van der Waals surface area (Å²) in [4.78, 5) is 11.7. The van der Waals surface area contributed by atoms with Crippen LogP contribution in [0.15, 0.2) is 76.4 Å². The summed E-state index contributed by atoms with van der Waals surface area (Å²) < 4.78 is 68.2. The second kappa shape index (κ2) is 8.03. The Labute approximate surface area is 185 Å². The molecule has 0 aliphatic carbocycles. The summed E-state index contributed by atoms with van der Waals surface area (Å²) in [6.45, 7) is 0.393. The van der Waals surface area contributed by atoms with Gasteiger partial charge in [0.15, 0.2) is 0 Å². The Kier molecular flexibility index (Phi) is 5.51. The van der Waals surface area contributed by atoms with Crippen LogP contribution in [-0.4, -0.2) is 18.2 Å². The van der Waals surface area contributed by atoms with Crippen LogP contribution >= 0.6 is 11.6 Å². The van der Waals surface area contributed by atoms with Crippen molar-refractivity contribution >= 4 is 38.2 Å². The highest BCUT2D eigenvalue weighted by Crippen LogP contribution is 2.34. The normalized spacial score (nSPS) is 12.2. The van der Waals surface area contributed by atoms with Crippen molar-refractivity contribution in [3.05, 3.63) is 93.2 Å². The molecule has 0 saturated carbocycles.